The van der Waals surface area contributed by atoms with E-state index in [1.54, 1.807) is 19.1 Å². The second kappa shape index (κ2) is 4.22. The predicted molar refractivity (Wildman–Crippen MR) is 69.6 cm³/mol. The first-order valence-electron chi connectivity index (χ1n) is 5.87. The molecule has 0 atom stereocenters. The molecule has 2 rings (SSSR count). The Balaban J connectivity index is 2.25. The number of nitrogen functional groups attached to an aromatic ring is 1. The fraction of sp³-hybridized carbons (Fsp3) is 0.500. The van der Waals surface area contributed by atoms with Gasteiger partial charge in [0, 0.05) is 18.8 Å². The fourth-order valence-corrected chi connectivity index (χ4v) is 3.65. The molecule has 1 aliphatic heterocycles. The highest BCUT2D eigenvalue weighted by Crippen LogP contribution is 2.30. The van der Waals surface area contributed by atoms with E-state index in [1.807, 2.05) is 6.92 Å². The Labute approximate surface area is 107 Å². The molecular formula is C12H18N2O3S. The molecule has 1 aromatic carbocycles. The van der Waals surface area contributed by atoms with Crippen LogP contribution in [0.1, 0.15) is 18.9 Å². The van der Waals surface area contributed by atoms with Crippen molar-refractivity contribution in [3.63, 3.8) is 0 Å². The Morgan fingerprint density at radius 1 is 1.44 bits per heavy atom. The summed E-state index contributed by atoms with van der Waals surface area (Å²) in [5, 5.41) is 9.87. The topological polar surface area (TPSA) is 83.6 Å². The molecular weight excluding hydrogens is 252 g/mol. The van der Waals surface area contributed by atoms with Crippen molar-refractivity contribution in [2.45, 2.75) is 30.8 Å². The van der Waals surface area contributed by atoms with E-state index in [2.05, 4.69) is 0 Å². The van der Waals surface area contributed by atoms with Crippen molar-refractivity contribution in [1.29, 1.82) is 0 Å². The molecule has 0 unspecified atom stereocenters. The van der Waals surface area contributed by atoms with Gasteiger partial charge in [-0.25, -0.2) is 8.42 Å². The number of aliphatic hydroxyl groups is 1. The van der Waals surface area contributed by atoms with Gasteiger partial charge in [-0.3, -0.25) is 0 Å². The lowest BCUT2D eigenvalue weighted by Gasteiger charge is -2.44. The number of anilines is 1. The minimum Gasteiger partial charge on any atom is -0.399 e. The zero-order chi connectivity index (χ0) is 13.6. The molecule has 1 fully saturated rings. The fourth-order valence-electron chi connectivity index (χ4n) is 1.96. The normalized spacial score (nSPS) is 19.5. The number of nitrogens with two attached hydrogens (primary N) is 1. The third kappa shape index (κ3) is 2.11. The van der Waals surface area contributed by atoms with Crippen LogP contribution in [-0.4, -0.2) is 36.5 Å². The molecule has 0 saturated carbocycles. The summed E-state index contributed by atoms with van der Waals surface area (Å²) in [4.78, 5) is 0.229. The predicted octanol–water partition coefficient (Wildman–Crippen LogP) is 0.723. The Morgan fingerprint density at radius 2 is 2.06 bits per heavy atom. The number of benzene rings is 1. The first kappa shape index (κ1) is 13.3. The molecule has 0 bridgehead atoms. The van der Waals surface area contributed by atoms with Gasteiger partial charge in [0.2, 0.25) is 10.0 Å². The zero-order valence-electron chi connectivity index (χ0n) is 10.5. The van der Waals surface area contributed by atoms with Crippen LogP contribution in [0.3, 0.4) is 0 Å². The summed E-state index contributed by atoms with van der Waals surface area (Å²) < 4.78 is 25.8. The van der Waals surface area contributed by atoms with Crippen molar-refractivity contribution in [2.24, 2.45) is 0 Å². The molecule has 1 aliphatic rings. The summed E-state index contributed by atoms with van der Waals surface area (Å²) >= 11 is 0. The van der Waals surface area contributed by atoms with Crippen LogP contribution in [0, 0.1) is 6.92 Å². The van der Waals surface area contributed by atoms with Crippen LogP contribution < -0.4 is 5.73 Å². The first-order valence-corrected chi connectivity index (χ1v) is 7.31. The van der Waals surface area contributed by atoms with Gasteiger partial charge in [0.1, 0.15) is 0 Å². The van der Waals surface area contributed by atoms with Gasteiger partial charge in [-0.2, -0.15) is 4.31 Å². The quantitative estimate of drug-likeness (QED) is 0.793. The number of sulfonamides is 1. The van der Waals surface area contributed by atoms with Crippen LogP contribution in [0.4, 0.5) is 5.69 Å². The Bertz CT molecular complexity index is 563. The molecule has 3 N–H and O–H groups in total. The number of hydrogen-bond acceptors (Lipinski definition) is 4. The van der Waals surface area contributed by atoms with Gasteiger partial charge in [-0.1, -0.05) is 6.92 Å². The lowest BCUT2D eigenvalue weighted by molar-refractivity contribution is -0.0613. The number of hydrogen-bond donors (Lipinski definition) is 2. The van der Waals surface area contributed by atoms with Gasteiger partial charge >= 0.3 is 0 Å². The van der Waals surface area contributed by atoms with Crippen molar-refractivity contribution in [3.8, 4) is 0 Å². The summed E-state index contributed by atoms with van der Waals surface area (Å²) in [6.07, 6.45) is 0.555. The smallest absolute Gasteiger partial charge is 0.243 e. The minimum atomic E-state index is -3.50. The van der Waals surface area contributed by atoms with Gasteiger partial charge in [0.15, 0.2) is 0 Å². The average Bonchev–Trinajstić information content (AvgIpc) is 2.28. The van der Waals surface area contributed by atoms with E-state index in [1.165, 1.54) is 10.4 Å². The standard InChI is InChI=1S/C12H18N2O3S/c1-3-12(15)7-14(8-12)18(16,17)10-4-5-11(13)9(2)6-10/h4-6,15H,3,7-8,13H2,1-2H3. The van der Waals surface area contributed by atoms with E-state index >= 15 is 0 Å². The van der Waals surface area contributed by atoms with Crippen molar-refractivity contribution in [1.82, 2.24) is 4.31 Å². The van der Waals surface area contributed by atoms with Crippen LogP contribution in [0.2, 0.25) is 0 Å². The second-order valence-corrected chi connectivity index (χ2v) is 6.81. The lowest BCUT2D eigenvalue weighted by atomic mass is 9.94. The van der Waals surface area contributed by atoms with E-state index < -0.39 is 15.6 Å². The molecule has 1 saturated heterocycles. The molecule has 0 radical (unpaired) electrons. The number of rotatable bonds is 3. The maximum Gasteiger partial charge on any atom is 0.243 e. The van der Waals surface area contributed by atoms with Crippen molar-refractivity contribution in [3.05, 3.63) is 23.8 Å². The average molecular weight is 270 g/mol. The van der Waals surface area contributed by atoms with Crippen LogP contribution in [0.15, 0.2) is 23.1 Å². The Morgan fingerprint density at radius 3 is 2.56 bits per heavy atom. The third-order valence-electron chi connectivity index (χ3n) is 3.48. The second-order valence-electron chi connectivity index (χ2n) is 4.87. The van der Waals surface area contributed by atoms with Gasteiger partial charge in [-0.05, 0) is 37.1 Å². The summed E-state index contributed by atoms with van der Waals surface area (Å²) in [5.41, 5.74) is 6.12. The van der Waals surface area contributed by atoms with E-state index in [0.29, 0.717) is 12.1 Å². The maximum absolute atomic E-state index is 12.3. The minimum absolute atomic E-state index is 0.162. The Hall–Kier alpha value is -1.11. The van der Waals surface area contributed by atoms with Crippen molar-refractivity contribution in [2.75, 3.05) is 18.8 Å². The highest BCUT2D eigenvalue weighted by atomic mass is 32.2. The largest absolute Gasteiger partial charge is 0.399 e. The van der Waals surface area contributed by atoms with Crippen LogP contribution in [-0.2, 0) is 10.0 Å². The monoisotopic (exact) mass is 270 g/mol. The van der Waals surface area contributed by atoms with E-state index in [9.17, 15) is 13.5 Å². The van der Waals surface area contributed by atoms with Crippen LogP contribution in [0.25, 0.3) is 0 Å². The van der Waals surface area contributed by atoms with Gasteiger partial charge in [-0.15, -0.1) is 0 Å². The maximum atomic E-state index is 12.3. The molecule has 5 nitrogen and oxygen atoms in total. The van der Waals surface area contributed by atoms with Crippen molar-refractivity contribution >= 4 is 15.7 Å². The SMILES string of the molecule is CCC1(O)CN(S(=O)(=O)c2ccc(N)c(C)c2)C1. The van der Waals surface area contributed by atoms with Gasteiger partial charge < -0.3 is 10.8 Å². The summed E-state index contributed by atoms with van der Waals surface area (Å²) in [5.74, 6) is 0. The van der Waals surface area contributed by atoms with Crippen LogP contribution >= 0.6 is 0 Å². The first-order chi connectivity index (χ1) is 8.28. The zero-order valence-corrected chi connectivity index (χ0v) is 11.4. The number of aryl methyl sites for hydroxylation is 1. The molecule has 0 aliphatic carbocycles. The van der Waals surface area contributed by atoms with Crippen LogP contribution in [0.5, 0.6) is 0 Å². The number of β-amino-alcohol motifs (C(OH)–C–C–N with tert-alkyl or cyclic N) is 1. The molecule has 0 spiro atoms. The molecule has 6 heteroatoms. The van der Waals surface area contributed by atoms with Crippen molar-refractivity contribution < 1.29 is 13.5 Å². The third-order valence-corrected chi connectivity index (χ3v) is 5.27. The number of nitrogens with zero attached hydrogens (tertiary/aromatic N) is 1. The lowest BCUT2D eigenvalue weighted by Crippen LogP contribution is -2.62. The summed E-state index contributed by atoms with van der Waals surface area (Å²) in [6.45, 7) is 3.94. The highest BCUT2D eigenvalue weighted by molar-refractivity contribution is 7.89. The molecule has 18 heavy (non-hydrogen) atoms. The summed E-state index contributed by atoms with van der Waals surface area (Å²) in [7, 11) is -3.50. The van der Waals surface area contributed by atoms with Gasteiger partial charge in [0.25, 0.3) is 0 Å². The molecule has 100 valence electrons. The molecule has 1 aromatic rings. The molecule has 1 heterocycles. The van der Waals surface area contributed by atoms with E-state index in [4.69, 9.17) is 5.73 Å². The summed E-state index contributed by atoms with van der Waals surface area (Å²) in [6, 6.07) is 4.66. The van der Waals surface area contributed by atoms with E-state index in [0.717, 1.165) is 5.56 Å². The highest BCUT2D eigenvalue weighted by Gasteiger charge is 2.45. The molecule has 0 aromatic heterocycles. The van der Waals surface area contributed by atoms with Gasteiger partial charge in [0.05, 0.1) is 10.5 Å². The van der Waals surface area contributed by atoms with E-state index in [-0.39, 0.29) is 18.0 Å². The Kier molecular flexibility index (Phi) is 3.12. The molecule has 0 amide bonds.